The van der Waals surface area contributed by atoms with E-state index in [1.54, 1.807) is 24.5 Å². The number of hydrogen-bond donors (Lipinski definition) is 1. The van der Waals surface area contributed by atoms with Gasteiger partial charge in [-0.15, -0.1) is 11.3 Å². The van der Waals surface area contributed by atoms with Gasteiger partial charge in [-0.2, -0.15) is 5.10 Å². The van der Waals surface area contributed by atoms with Crippen LogP contribution in [0.3, 0.4) is 0 Å². The van der Waals surface area contributed by atoms with Gasteiger partial charge in [-0.3, -0.25) is 10.00 Å². The van der Waals surface area contributed by atoms with Gasteiger partial charge in [0.1, 0.15) is 0 Å². The van der Waals surface area contributed by atoms with E-state index in [4.69, 9.17) is 4.74 Å². The number of rotatable bonds is 5. The summed E-state index contributed by atoms with van der Waals surface area (Å²) in [4.78, 5) is 18.6. The first-order valence-corrected chi connectivity index (χ1v) is 8.47. The Bertz CT molecular complexity index is 603. The minimum absolute atomic E-state index is 0.318. The van der Waals surface area contributed by atoms with Gasteiger partial charge < -0.3 is 4.74 Å². The van der Waals surface area contributed by atoms with E-state index in [0.717, 1.165) is 43.2 Å². The van der Waals surface area contributed by atoms with Crippen molar-refractivity contribution in [2.24, 2.45) is 0 Å². The Balaban J connectivity index is 1.54. The zero-order valence-corrected chi connectivity index (χ0v) is 13.4. The molecule has 7 heteroatoms. The van der Waals surface area contributed by atoms with Crippen LogP contribution < -0.4 is 0 Å². The largest absolute Gasteiger partial charge is 0.461 e. The van der Waals surface area contributed by atoms with Crippen LogP contribution in [0.4, 0.5) is 0 Å². The molecular weight excluding hydrogens is 300 g/mol. The standard InChI is InChI=1S/C15H20N4O2S/c1-2-21-15(20)13-10-22-14(17-13)11-4-7-19(8-5-11)9-12-3-6-16-18-12/h3,6,10-11H,2,4-5,7-9H2,1H3,(H,16,18). The van der Waals surface area contributed by atoms with Crippen molar-refractivity contribution < 1.29 is 9.53 Å². The Morgan fingerprint density at radius 2 is 2.32 bits per heavy atom. The molecule has 2 aromatic rings. The number of nitrogens with zero attached hydrogens (tertiary/aromatic N) is 3. The second kappa shape index (κ2) is 7.02. The number of aromatic amines is 1. The van der Waals surface area contributed by atoms with Crippen LogP contribution in [0.1, 0.15) is 46.9 Å². The number of likely N-dealkylation sites (tertiary alicyclic amines) is 1. The maximum absolute atomic E-state index is 11.7. The smallest absolute Gasteiger partial charge is 0.357 e. The third-order valence-electron chi connectivity index (χ3n) is 3.90. The lowest BCUT2D eigenvalue weighted by molar-refractivity contribution is 0.0520. The normalized spacial score (nSPS) is 16.8. The van der Waals surface area contributed by atoms with Gasteiger partial charge in [0.2, 0.25) is 0 Å². The highest BCUT2D eigenvalue weighted by atomic mass is 32.1. The lowest BCUT2D eigenvalue weighted by atomic mass is 9.97. The summed E-state index contributed by atoms with van der Waals surface area (Å²) in [6.07, 6.45) is 3.93. The number of ether oxygens (including phenoxy) is 1. The molecule has 0 amide bonds. The molecule has 0 spiro atoms. The van der Waals surface area contributed by atoms with E-state index < -0.39 is 0 Å². The first kappa shape index (κ1) is 15.2. The number of aromatic nitrogens is 3. The Hall–Kier alpha value is -1.73. The summed E-state index contributed by atoms with van der Waals surface area (Å²) in [5, 5.41) is 9.85. The highest BCUT2D eigenvalue weighted by Gasteiger charge is 2.24. The van der Waals surface area contributed by atoms with Crippen LogP contribution in [0, 0.1) is 0 Å². The molecule has 0 aromatic carbocycles. The van der Waals surface area contributed by atoms with Crippen LogP contribution in [0.25, 0.3) is 0 Å². The predicted molar refractivity (Wildman–Crippen MR) is 83.9 cm³/mol. The molecule has 1 N–H and O–H groups in total. The fourth-order valence-electron chi connectivity index (χ4n) is 2.73. The number of thiazole rings is 1. The molecule has 0 bridgehead atoms. The number of hydrogen-bond acceptors (Lipinski definition) is 6. The summed E-state index contributed by atoms with van der Waals surface area (Å²) >= 11 is 1.57. The Labute approximate surface area is 133 Å². The van der Waals surface area contributed by atoms with E-state index in [2.05, 4.69) is 20.1 Å². The van der Waals surface area contributed by atoms with Crippen molar-refractivity contribution in [1.82, 2.24) is 20.1 Å². The number of carbonyl (C=O) groups is 1. The number of H-pyrrole nitrogens is 1. The molecule has 3 rings (SSSR count). The van der Waals surface area contributed by atoms with Crippen molar-refractivity contribution in [3.63, 3.8) is 0 Å². The van der Waals surface area contributed by atoms with Gasteiger partial charge in [0.25, 0.3) is 0 Å². The first-order valence-electron chi connectivity index (χ1n) is 7.59. The fourth-order valence-corrected chi connectivity index (χ4v) is 3.69. The highest BCUT2D eigenvalue weighted by Crippen LogP contribution is 2.30. The van der Waals surface area contributed by atoms with E-state index in [1.165, 1.54) is 0 Å². The predicted octanol–water partition coefficient (Wildman–Crippen LogP) is 2.42. The summed E-state index contributed by atoms with van der Waals surface area (Å²) in [6, 6.07) is 2.01. The highest BCUT2D eigenvalue weighted by molar-refractivity contribution is 7.09. The molecule has 0 radical (unpaired) electrons. The summed E-state index contributed by atoms with van der Waals surface area (Å²) in [7, 11) is 0. The van der Waals surface area contributed by atoms with E-state index in [0.29, 0.717) is 18.2 Å². The van der Waals surface area contributed by atoms with Gasteiger partial charge in [0, 0.05) is 29.7 Å². The average molecular weight is 320 g/mol. The van der Waals surface area contributed by atoms with Crippen molar-refractivity contribution in [1.29, 1.82) is 0 Å². The molecule has 0 saturated carbocycles. The molecule has 118 valence electrons. The molecule has 0 atom stereocenters. The second-order valence-electron chi connectivity index (χ2n) is 5.42. The first-order chi connectivity index (χ1) is 10.8. The maximum atomic E-state index is 11.7. The van der Waals surface area contributed by atoms with Crippen molar-refractivity contribution >= 4 is 17.3 Å². The summed E-state index contributed by atoms with van der Waals surface area (Å²) < 4.78 is 4.99. The van der Waals surface area contributed by atoms with Gasteiger partial charge in [-0.1, -0.05) is 0 Å². The van der Waals surface area contributed by atoms with Crippen molar-refractivity contribution in [3.05, 3.63) is 34.0 Å². The number of esters is 1. The lowest BCUT2D eigenvalue weighted by Gasteiger charge is -2.30. The molecule has 1 saturated heterocycles. The minimum Gasteiger partial charge on any atom is -0.461 e. The summed E-state index contributed by atoms with van der Waals surface area (Å²) in [5.41, 5.74) is 1.60. The summed E-state index contributed by atoms with van der Waals surface area (Å²) in [6.45, 7) is 5.19. The quantitative estimate of drug-likeness (QED) is 0.857. The molecule has 1 fully saturated rings. The van der Waals surface area contributed by atoms with Crippen molar-refractivity contribution in [3.8, 4) is 0 Å². The van der Waals surface area contributed by atoms with Crippen molar-refractivity contribution in [2.75, 3.05) is 19.7 Å². The molecular formula is C15H20N4O2S. The molecule has 1 aliphatic rings. The third-order valence-corrected chi connectivity index (χ3v) is 4.90. The molecule has 0 aliphatic carbocycles. The van der Waals surface area contributed by atoms with Gasteiger partial charge in [0.15, 0.2) is 5.69 Å². The monoisotopic (exact) mass is 320 g/mol. The van der Waals surface area contributed by atoms with Crippen LogP contribution in [-0.4, -0.2) is 45.7 Å². The Morgan fingerprint density at radius 3 is 3.00 bits per heavy atom. The third kappa shape index (κ3) is 3.53. The fraction of sp³-hybridized carbons (Fsp3) is 0.533. The van der Waals surface area contributed by atoms with Crippen LogP contribution >= 0.6 is 11.3 Å². The van der Waals surface area contributed by atoms with E-state index in [9.17, 15) is 4.79 Å². The number of carbonyl (C=O) groups excluding carboxylic acids is 1. The topological polar surface area (TPSA) is 71.1 Å². The SMILES string of the molecule is CCOC(=O)c1csc(C2CCN(Cc3ccn[nH]3)CC2)n1. The average Bonchev–Trinajstić information content (AvgIpc) is 3.19. The molecule has 22 heavy (non-hydrogen) atoms. The van der Waals surface area contributed by atoms with Gasteiger partial charge >= 0.3 is 5.97 Å². The number of nitrogens with one attached hydrogen (secondary N) is 1. The molecule has 1 aliphatic heterocycles. The maximum Gasteiger partial charge on any atom is 0.357 e. The van der Waals surface area contributed by atoms with Crippen LogP contribution in [-0.2, 0) is 11.3 Å². The Kier molecular flexibility index (Phi) is 4.84. The van der Waals surface area contributed by atoms with E-state index in [-0.39, 0.29) is 5.97 Å². The minimum atomic E-state index is -0.318. The van der Waals surface area contributed by atoms with Crippen LogP contribution in [0.5, 0.6) is 0 Å². The van der Waals surface area contributed by atoms with Crippen LogP contribution in [0.2, 0.25) is 0 Å². The Morgan fingerprint density at radius 1 is 1.50 bits per heavy atom. The molecule has 3 heterocycles. The molecule has 0 unspecified atom stereocenters. The van der Waals surface area contributed by atoms with E-state index in [1.807, 2.05) is 11.4 Å². The van der Waals surface area contributed by atoms with Gasteiger partial charge in [-0.25, -0.2) is 9.78 Å². The molecule has 6 nitrogen and oxygen atoms in total. The zero-order chi connectivity index (χ0) is 15.4. The van der Waals surface area contributed by atoms with Gasteiger partial charge in [0.05, 0.1) is 11.6 Å². The van der Waals surface area contributed by atoms with E-state index >= 15 is 0 Å². The van der Waals surface area contributed by atoms with Gasteiger partial charge in [-0.05, 0) is 38.9 Å². The zero-order valence-electron chi connectivity index (χ0n) is 12.6. The number of piperidine rings is 1. The van der Waals surface area contributed by atoms with Crippen molar-refractivity contribution in [2.45, 2.75) is 32.2 Å². The molecule has 2 aromatic heterocycles. The second-order valence-corrected chi connectivity index (χ2v) is 6.31. The lowest BCUT2D eigenvalue weighted by Crippen LogP contribution is -2.32. The summed E-state index contributed by atoms with van der Waals surface area (Å²) in [5.74, 6) is 0.132. The van der Waals surface area contributed by atoms with Crippen LogP contribution in [0.15, 0.2) is 17.6 Å².